The van der Waals surface area contributed by atoms with Crippen molar-refractivity contribution in [1.82, 2.24) is 4.90 Å². The lowest BCUT2D eigenvalue weighted by atomic mass is 10.0. The minimum Gasteiger partial charge on any atom is -0.493 e. The molecule has 0 saturated carbocycles. The van der Waals surface area contributed by atoms with E-state index in [0.29, 0.717) is 43.2 Å². The molecule has 1 atom stereocenters. The number of carbonyl (C=O) groups excluding carboxylic acids is 1. The van der Waals surface area contributed by atoms with Crippen molar-refractivity contribution in [3.05, 3.63) is 17.2 Å². The molecule has 1 aromatic carbocycles. The molecule has 1 amide bonds. The van der Waals surface area contributed by atoms with Crippen molar-refractivity contribution in [3.63, 3.8) is 0 Å². The van der Waals surface area contributed by atoms with E-state index in [2.05, 4.69) is 0 Å². The van der Waals surface area contributed by atoms with Crippen LogP contribution < -0.4 is 19.9 Å². The fourth-order valence-electron chi connectivity index (χ4n) is 3.08. The summed E-state index contributed by atoms with van der Waals surface area (Å²) in [5, 5.41) is 0. The molecule has 2 N–H and O–H groups in total. The molecule has 0 fully saturated rings. The molecule has 8 heteroatoms. The second kappa shape index (κ2) is 9.70. The summed E-state index contributed by atoms with van der Waals surface area (Å²) in [5.74, 6) is 1.78. The molecule has 0 aliphatic carbocycles. The van der Waals surface area contributed by atoms with Crippen molar-refractivity contribution in [2.24, 2.45) is 5.73 Å². The highest BCUT2D eigenvalue weighted by atomic mass is 35.5. The first kappa shape index (κ1) is 21.3. The first-order valence-electron chi connectivity index (χ1n) is 7.91. The highest BCUT2D eigenvalue weighted by Gasteiger charge is 2.27. The molecule has 0 spiro atoms. The molecule has 2 rings (SSSR count). The fourth-order valence-corrected chi connectivity index (χ4v) is 3.08. The topological polar surface area (TPSA) is 83.3 Å². The summed E-state index contributed by atoms with van der Waals surface area (Å²) in [4.78, 5) is 14.2. The van der Waals surface area contributed by atoms with Crippen molar-refractivity contribution in [3.8, 4) is 17.2 Å². The Bertz CT molecular complexity index is 597. The van der Waals surface area contributed by atoms with Gasteiger partial charge in [-0.3, -0.25) is 4.79 Å². The molecular weight excluding hydrogens is 348 g/mol. The van der Waals surface area contributed by atoms with Crippen molar-refractivity contribution in [1.29, 1.82) is 0 Å². The van der Waals surface area contributed by atoms with Gasteiger partial charge in [0.2, 0.25) is 11.7 Å². The summed E-state index contributed by atoms with van der Waals surface area (Å²) in [5.41, 5.74) is 8.03. The third kappa shape index (κ3) is 4.48. The van der Waals surface area contributed by atoms with E-state index in [0.717, 1.165) is 11.1 Å². The van der Waals surface area contributed by atoms with Gasteiger partial charge in [0.25, 0.3) is 0 Å². The second-order valence-electron chi connectivity index (χ2n) is 5.67. The molecule has 1 aromatic rings. The monoisotopic (exact) mass is 374 g/mol. The Balaban J connectivity index is 0.00000312. The van der Waals surface area contributed by atoms with Crippen LogP contribution in [0.1, 0.15) is 11.1 Å². The van der Waals surface area contributed by atoms with Gasteiger partial charge in [-0.25, -0.2) is 0 Å². The minimum atomic E-state index is -0.637. The number of nitrogens with two attached hydrogens (primary N) is 1. The third-order valence-electron chi connectivity index (χ3n) is 4.28. The average molecular weight is 375 g/mol. The Morgan fingerprint density at radius 2 is 1.76 bits per heavy atom. The van der Waals surface area contributed by atoms with Crippen LogP contribution in [0.25, 0.3) is 0 Å². The molecule has 0 aromatic heterocycles. The van der Waals surface area contributed by atoms with E-state index < -0.39 is 6.04 Å². The Morgan fingerprint density at radius 1 is 1.12 bits per heavy atom. The Hall–Kier alpha value is -1.70. The van der Waals surface area contributed by atoms with E-state index in [-0.39, 0.29) is 24.9 Å². The van der Waals surface area contributed by atoms with Crippen LogP contribution in [0.4, 0.5) is 0 Å². The fraction of sp³-hybridized carbons (Fsp3) is 0.588. The van der Waals surface area contributed by atoms with Gasteiger partial charge in [-0.15, -0.1) is 12.4 Å². The first-order chi connectivity index (χ1) is 11.6. The van der Waals surface area contributed by atoms with E-state index in [1.165, 1.54) is 7.11 Å². The van der Waals surface area contributed by atoms with E-state index in [9.17, 15) is 4.79 Å². The first-order valence-corrected chi connectivity index (χ1v) is 7.91. The highest BCUT2D eigenvalue weighted by molar-refractivity contribution is 5.85. The normalized spacial score (nSPS) is 14.7. The van der Waals surface area contributed by atoms with Crippen LogP contribution in [0.15, 0.2) is 6.07 Å². The number of halogens is 1. The predicted octanol–water partition coefficient (Wildman–Crippen LogP) is 1.04. The molecule has 0 bridgehead atoms. The minimum absolute atomic E-state index is 0. The van der Waals surface area contributed by atoms with Gasteiger partial charge in [-0.2, -0.15) is 0 Å². The summed E-state index contributed by atoms with van der Waals surface area (Å²) in [6.45, 7) is 1.39. The number of amides is 1. The summed E-state index contributed by atoms with van der Waals surface area (Å²) in [7, 11) is 6.33. The highest BCUT2D eigenvalue weighted by Crippen LogP contribution is 2.43. The van der Waals surface area contributed by atoms with E-state index >= 15 is 0 Å². The number of hydrogen-bond donors (Lipinski definition) is 1. The molecule has 7 nitrogen and oxygen atoms in total. The van der Waals surface area contributed by atoms with Gasteiger partial charge in [0, 0.05) is 25.8 Å². The maximum absolute atomic E-state index is 12.4. The van der Waals surface area contributed by atoms with Crippen molar-refractivity contribution < 1.29 is 23.7 Å². The second-order valence-corrected chi connectivity index (χ2v) is 5.67. The van der Waals surface area contributed by atoms with Crippen LogP contribution >= 0.6 is 12.4 Å². The Labute approximate surface area is 154 Å². The number of rotatable bonds is 6. The summed E-state index contributed by atoms with van der Waals surface area (Å²) in [6.07, 6.45) is 1.38. The molecule has 25 heavy (non-hydrogen) atoms. The average Bonchev–Trinajstić information content (AvgIpc) is 2.81. The van der Waals surface area contributed by atoms with Crippen LogP contribution in [-0.4, -0.2) is 65.0 Å². The van der Waals surface area contributed by atoms with E-state index in [1.807, 2.05) is 6.07 Å². The smallest absolute Gasteiger partial charge is 0.241 e. The van der Waals surface area contributed by atoms with Crippen LogP contribution in [0.3, 0.4) is 0 Å². The quantitative estimate of drug-likeness (QED) is 0.800. The summed E-state index contributed by atoms with van der Waals surface area (Å²) < 4.78 is 21.4. The number of benzene rings is 1. The van der Waals surface area contributed by atoms with Gasteiger partial charge in [0.1, 0.15) is 6.04 Å². The van der Waals surface area contributed by atoms with E-state index in [4.69, 9.17) is 24.7 Å². The molecular formula is C17H27ClN2O5. The van der Waals surface area contributed by atoms with Gasteiger partial charge >= 0.3 is 0 Å². The largest absolute Gasteiger partial charge is 0.493 e. The zero-order valence-corrected chi connectivity index (χ0v) is 16.0. The lowest BCUT2D eigenvalue weighted by molar-refractivity contribution is -0.133. The van der Waals surface area contributed by atoms with Crippen molar-refractivity contribution in [2.45, 2.75) is 18.9 Å². The molecule has 1 heterocycles. The lowest BCUT2D eigenvalue weighted by Gasteiger charge is -2.23. The number of carbonyl (C=O) groups is 1. The maximum Gasteiger partial charge on any atom is 0.241 e. The summed E-state index contributed by atoms with van der Waals surface area (Å²) in [6, 6.07) is 1.32. The molecule has 1 aliphatic heterocycles. The van der Waals surface area contributed by atoms with Gasteiger partial charge in [0.15, 0.2) is 11.5 Å². The van der Waals surface area contributed by atoms with Gasteiger partial charge in [-0.05, 0) is 24.5 Å². The van der Waals surface area contributed by atoms with Gasteiger partial charge in [-0.1, -0.05) is 0 Å². The van der Waals surface area contributed by atoms with E-state index in [1.54, 1.807) is 26.2 Å². The van der Waals surface area contributed by atoms with Crippen LogP contribution in [0.2, 0.25) is 0 Å². The number of methoxy groups -OCH3 is 4. The van der Waals surface area contributed by atoms with Crippen LogP contribution in [-0.2, 0) is 22.4 Å². The zero-order chi connectivity index (χ0) is 17.7. The number of nitrogens with zero attached hydrogens (tertiary/aromatic N) is 1. The molecule has 1 aliphatic rings. The lowest BCUT2D eigenvalue weighted by Crippen LogP contribution is -2.47. The third-order valence-corrected chi connectivity index (χ3v) is 4.28. The molecule has 0 saturated heterocycles. The SMILES string of the molecule is COCC(N)C(=O)N1CCc2cc(OC)c(OC)c(OC)c2CC1.Cl. The predicted molar refractivity (Wildman–Crippen MR) is 97.2 cm³/mol. The van der Waals surface area contributed by atoms with Crippen LogP contribution in [0.5, 0.6) is 17.2 Å². The van der Waals surface area contributed by atoms with Crippen LogP contribution in [0, 0.1) is 0 Å². The van der Waals surface area contributed by atoms with Gasteiger partial charge in [0.05, 0.1) is 27.9 Å². The maximum atomic E-state index is 12.4. The Kier molecular flexibility index (Phi) is 8.28. The standard InChI is InChI=1S/C17H26N2O5.ClH/c1-21-10-13(18)17(20)19-7-5-11-9-14(22-2)16(24-4)15(23-3)12(11)6-8-19;/h9,13H,5-8,10,18H2,1-4H3;1H. The molecule has 0 radical (unpaired) electrons. The molecule has 142 valence electrons. The number of hydrogen-bond acceptors (Lipinski definition) is 6. The number of fused-ring (bicyclic) bond motifs is 1. The van der Waals surface area contributed by atoms with Gasteiger partial charge < -0.3 is 29.6 Å². The summed E-state index contributed by atoms with van der Waals surface area (Å²) >= 11 is 0. The van der Waals surface area contributed by atoms with Crippen molar-refractivity contribution in [2.75, 3.05) is 48.1 Å². The number of ether oxygens (including phenoxy) is 4. The Morgan fingerprint density at radius 3 is 2.32 bits per heavy atom. The van der Waals surface area contributed by atoms with Crippen molar-refractivity contribution >= 4 is 18.3 Å². The molecule has 1 unspecified atom stereocenters. The zero-order valence-electron chi connectivity index (χ0n) is 15.2.